The molecule has 0 unspecified atom stereocenters. The van der Waals surface area contributed by atoms with E-state index in [1.807, 2.05) is 36.4 Å². The van der Waals surface area contributed by atoms with Gasteiger partial charge in [0.2, 0.25) is 0 Å². The zero-order chi connectivity index (χ0) is 67.4. The summed E-state index contributed by atoms with van der Waals surface area (Å²) in [6, 6.07) is 87.1. The first-order valence-corrected chi connectivity index (χ1v) is 33.0. The second kappa shape index (κ2) is 37.9. The number of nitrogens with two attached hydrogens (primary N) is 1. The van der Waals surface area contributed by atoms with Crippen LogP contribution in [0.5, 0.6) is 34.5 Å². The maximum Gasteiger partial charge on any atom is 0.496 e. The van der Waals surface area contributed by atoms with Crippen LogP contribution >= 0.6 is 15.9 Å². The van der Waals surface area contributed by atoms with E-state index in [9.17, 15) is 0 Å². The molecule has 13 heteroatoms. The summed E-state index contributed by atoms with van der Waals surface area (Å²) < 4.78 is 33.2. The predicted molar refractivity (Wildman–Crippen MR) is 390 cm³/mol. The minimum absolute atomic E-state index is 0.0867. The van der Waals surface area contributed by atoms with E-state index in [1.165, 1.54) is 47.6 Å². The minimum atomic E-state index is -1.59. The molecular formula is C81H93BBrN3O8. The first-order chi connectivity index (χ1) is 45.7. The largest absolute Gasteiger partial charge is 0.497 e. The van der Waals surface area contributed by atoms with Crippen molar-refractivity contribution in [2.45, 2.75) is 97.2 Å². The molecule has 0 bridgehead atoms. The number of hydrogen-bond donors (Lipinski definition) is 3. The second-order valence-corrected chi connectivity index (χ2v) is 23.6. The van der Waals surface area contributed by atoms with Crippen molar-refractivity contribution < 1.29 is 38.5 Å². The van der Waals surface area contributed by atoms with Crippen LogP contribution in [0.1, 0.15) is 123 Å². The Morgan fingerprint density at radius 1 is 0.362 bits per heavy atom. The van der Waals surface area contributed by atoms with Crippen molar-refractivity contribution in [3.8, 4) is 56.8 Å². The van der Waals surface area contributed by atoms with Gasteiger partial charge in [-0.25, -0.2) is 0 Å². The van der Waals surface area contributed by atoms with E-state index in [2.05, 4.69) is 254 Å². The minimum Gasteiger partial charge on any atom is -0.497 e. The summed E-state index contributed by atoms with van der Waals surface area (Å²) in [5.74, 6) is 4.03. The normalized spacial score (nSPS) is 12.4. The third-order valence-corrected chi connectivity index (χ3v) is 17.6. The number of hydrogen-bond acceptors (Lipinski definition) is 11. The van der Waals surface area contributed by atoms with Gasteiger partial charge in [-0.3, -0.25) is 9.80 Å². The van der Waals surface area contributed by atoms with E-state index in [0.717, 1.165) is 87.6 Å². The van der Waals surface area contributed by atoms with Gasteiger partial charge >= 0.3 is 7.12 Å². The fourth-order valence-corrected chi connectivity index (χ4v) is 12.2. The van der Waals surface area contributed by atoms with Crippen molar-refractivity contribution in [2.24, 2.45) is 5.73 Å². The molecule has 94 heavy (non-hydrogen) atoms. The number of ether oxygens (including phenoxy) is 6. The van der Waals surface area contributed by atoms with Gasteiger partial charge in [-0.1, -0.05) is 237 Å². The van der Waals surface area contributed by atoms with Crippen LogP contribution in [0.2, 0.25) is 0 Å². The molecule has 10 aromatic carbocycles. The molecular weight excluding hydrogens is 1230 g/mol. The molecule has 0 aliphatic heterocycles. The average molecular weight is 1330 g/mol. The first-order valence-electron chi connectivity index (χ1n) is 32.2. The summed E-state index contributed by atoms with van der Waals surface area (Å²) >= 11 is 3.56. The van der Waals surface area contributed by atoms with Crippen LogP contribution < -0.4 is 39.6 Å². The Kier molecular flexibility index (Phi) is 29.3. The van der Waals surface area contributed by atoms with Gasteiger partial charge in [0.1, 0.15) is 34.5 Å². The van der Waals surface area contributed by atoms with Crippen LogP contribution in [0.4, 0.5) is 0 Å². The molecule has 0 spiro atoms. The average Bonchev–Trinajstić information content (AvgIpc) is 0.841. The van der Waals surface area contributed by atoms with E-state index in [1.54, 1.807) is 46.6 Å². The molecule has 490 valence electrons. The van der Waals surface area contributed by atoms with Crippen LogP contribution in [0.15, 0.2) is 253 Å². The molecule has 0 aliphatic rings. The SMILES string of the molecule is CC[C@@H](c1ccc(-c2c(OC)cccc2OC)cc1)N(Cc1ccccc1)[C@H](C)c1ccccc1.CC[C@@H](c1ccc(Br)cc1)N(Cc1ccccc1)[C@H](C)c1ccccc1.CC[C@H](N)c1ccc(-c2c(OC)cccc2OC)cc1.COc1cccc(OC)c1B(O)O. The van der Waals surface area contributed by atoms with Crippen LogP contribution in [-0.4, -0.2) is 69.6 Å². The lowest BCUT2D eigenvalue weighted by Gasteiger charge is -2.37. The van der Waals surface area contributed by atoms with Crippen molar-refractivity contribution >= 4 is 28.5 Å². The van der Waals surface area contributed by atoms with Crippen molar-refractivity contribution in [1.82, 2.24) is 9.80 Å². The Hall–Kier alpha value is -8.66. The monoisotopic (exact) mass is 1330 g/mol. The van der Waals surface area contributed by atoms with Gasteiger partial charge in [0.15, 0.2) is 0 Å². The van der Waals surface area contributed by atoms with Crippen LogP contribution in [0.25, 0.3) is 22.3 Å². The van der Waals surface area contributed by atoms with Crippen molar-refractivity contribution in [1.29, 1.82) is 0 Å². The lowest BCUT2D eigenvalue weighted by Crippen LogP contribution is -2.32. The number of nitrogens with zero attached hydrogens (tertiary/aromatic N) is 2. The molecule has 0 aliphatic carbocycles. The van der Waals surface area contributed by atoms with Crippen LogP contribution in [0, 0.1) is 0 Å². The lowest BCUT2D eigenvalue weighted by molar-refractivity contribution is 0.129. The molecule has 0 fully saturated rings. The molecule has 10 rings (SSSR count). The van der Waals surface area contributed by atoms with E-state index in [4.69, 9.17) is 44.2 Å². The molecule has 0 saturated carbocycles. The number of methoxy groups -OCH3 is 6. The highest BCUT2D eigenvalue weighted by Crippen LogP contribution is 2.42. The fourth-order valence-electron chi connectivity index (χ4n) is 11.9. The topological polar surface area (TPSA) is 128 Å². The van der Waals surface area contributed by atoms with E-state index in [-0.39, 0.29) is 23.6 Å². The maximum absolute atomic E-state index is 9.04. The van der Waals surface area contributed by atoms with Gasteiger partial charge in [-0.05, 0) is 132 Å². The fraction of sp³-hybridized carbons (Fsp3) is 0.259. The summed E-state index contributed by atoms with van der Waals surface area (Å²) in [6.07, 6.45) is 3.02. The number of benzene rings is 10. The number of halogens is 1. The van der Waals surface area contributed by atoms with Crippen LogP contribution in [0.3, 0.4) is 0 Å². The Labute approximate surface area is 568 Å². The summed E-state index contributed by atoms with van der Waals surface area (Å²) in [5.41, 5.74) is 19.6. The van der Waals surface area contributed by atoms with Crippen molar-refractivity contribution in [2.75, 3.05) is 42.7 Å². The van der Waals surface area contributed by atoms with Crippen molar-refractivity contribution in [3.05, 3.63) is 292 Å². The molecule has 0 heterocycles. The highest BCUT2D eigenvalue weighted by molar-refractivity contribution is 9.10. The third kappa shape index (κ3) is 19.7. The van der Waals surface area contributed by atoms with Gasteiger partial charge in [0.05, 0.1) is 59.2 Å². The summed E-state index contributed by atoms with van der Waals surface area (Å²) in [4.78, 5) is 5.23. The highest BCUT2D eigenvalue weighted by Gasteiger charge is 2.28. The van der Waals surface area contributed by atoms with Gasteiger partial charge in [-0.2, -0.15) is 0 Å². The first kappa shape index (κ1) is 72.8. The van der Waals surface area contributed by atoms with Crippen LogP contribution in [-0.2, 0) is 13.1 Å². The highest BCUT2D eigenvalue weighted by atomic mass is 79.9. The Bertz CT molecular complexity index is 3710. The molecule has 0 aromatic heterocycles. The summed E-state index contributed by atoms with van der Waals surface area (Å²) in [7, 11) is 8.06. The summed E-state index contributed by atoms with van der Waals surface area (Å²) in [5, 5.41) is 18.1. The molecule has 0 amide bonds. The molecule has 4 N–H and O–H groups in total. The Morgan fingerprint density at radius 3 is 0.957 bits per heavy atom. The smallest absolute Gasteiger partial charge is 0.496 e. The van der Waals surface area contributed by atoms with E-state index < -0.39 is 7.12 Å². The maximum atomic E-state index is 9.04. The standard InChI is InChI=1S/C32H35NO2.C24H26BrN.C17H21NO2.C8H11BO4/c1-5-29(27-19-21-28(22-20-27)32-30(34-3)17-12-18-31(32)35-4)33(23-25-13-8-6-9-14-25)24(2)26-15-10-7-11-16-26;1-3-24(22-14-16-23(25)17-15-22)26(18-20-10-6-4-7-11-20)19(2)21-12-8-5-9-13-21;1-4-14(18)12-8-10-13(11-9-12)17-15(19-2)6-5-7-16(17)20-3;1-12-6-4-3-5-7(13-2)8(6)9(10)11/h6-22,24,29H,5,23H2,1-4H3;4-17,19,24H,3,18H2,1-2H3;5-11,14H,4,18H2,1-3H3;3-5,10-11H,1-2H3/t24-,29+;19-,24+;14-;/m110./s1. The van der Waals surface area contributed by atoms with Gasteiger partial charge in [-0.15, -0.1) is 0 Å². The van der Waals surface area contributed by atoms with Gasteiger partial charge in [0, 0.05) is 47.8 Å². The van der Waals surface area contributed by atoms with E-state index in [0.29, 0.717) is 23.6 Å². The Morgan fingerprint density at radius 2 is 0.660 bits per heavy atom. The molecule has 10 aromatic rings. The quantitative estimate of drug-likeness (QED) is 0.0473. The second-order valence-electron chi connectivity index (χ2n) is 22.7. The molecule has 5 atom stereocenters. The number of rotatable bonds is 25. The lowest BCUT2D eigenvalue weighted by atomic mass is 9.78. The van der Waals surface area contributed by atoms with Crippen molar-refractivity contribution in [3.63, 3.8) is 0 Å². The molecule has 0 radical (unpaired) electrons. The predicted octanol–water partition coefficient (Wildman–Crippen LogP) is 18.4. The van der Waals surface area contributed by atoms with E-state index >= 15 is 0 Å². The summed E-state index contributed by atoms with van der Waals surface area (Å²) in [6.45, 7) is 13.1. The zero-order valence-electron chi connectivity index (χ0n) is 56.4. The Balaban J connectivity index is 0.000000188. The van der Waals surface area contributed by atoms with Gasteiger partial charge < -0.3 is 44.2 Å². The molecule has 11 nitrogen and oxygen atoms in total. The molecule has 0 saturated heterocycles. The third-order valence-electron chi connectivity index (χ3n) is 17.0. The van der Waals surface area contributed by atoms with Gasteiger partial charge in [0.25, 0.3) is 0 Å². The zero-order valence-corrected chi connectivity index (χ0v) is 58.0.